The molecule has 2 heterocycles. The molecule has 2 nitrogen and oxygen atoms in total. The van der Waals surface area contributed by atoms with Crippen molar-refractivity contribution in [2.24, 2.45) is 0 Å². The Labute approximate surface area is 394 Å². The summed E-state index contributed by atoms with van der Waals surface area (Å²) in [5.41, 5.74) is 29.6. The fraction of sp³-hybridized carbons (Fsp3) is 0.238. The topological polar surface area (TPSA) is 6.48 Å². The van der Waals surface area contributed by atoms with Crippen LogP contribution in [0.2, 0.25) is 0 Å². The number of nitrogens with zero attached hydrogens (tertiary/aromatic N) is 2. The van der Waals surface area contributed by atoms with E-state index in [1.807, 2.05) is 0 Å². The zero-order chi connectivity index (χ0) is 46.2. The van der Waals surface area contributed by atoms with Crippen LogP contribution in [0.3, 0.4) is 0 Å². The predicted molar refractivity (Wildman–Crippen MR) is 285 cm³/mol. The molecule has 2 aliphatic heterocycles. The summed E-state index contributed by atoms with van der Waals surface area (Å²) in [4.78, 5) is 5.22. The van der Waals surface area contributed by atoms with E-state index in [4.69, 9.17) is 0 Å². The summed E-state index contributed by atoms with van der Waals surface area (Å²) in [5, 5.41) is 0. The zero-order valence-corrected chi connectivity index (χ0v) is 40.9. The third-order valence-corrected chi connectivity index (χ3v) is 15.3. The molecule has 0 amide bonds. The van der Waals surface area contributed by atoms with Crippen LogP contribution < -0.4 is 26.2 Å². The van der Waals surface area contributed by atoms with Crippen molar-refractivity contribution in [1.29, 1.82) is 0 Å². The second-order valence-electron chi connectivity index (χ2n) is 22.1. The van der Waals surface area contributed by atoms with Gasteiger partial charge in [0.15, 0.2) is 0 Å². The number of benzene rings is 8. The lowest BCUT2D eigenvalue weighted by molar-refractivity contribution is 0.590. The molecule has 3 aliphatic rings. The van der Waals surface area contributed by atoms with E-state index in [0.29, 0.717) is 0 Å². The van der Waals surface area contributed by atoms with Crippen LogP contribution in [-0.2, 0) is 16.2 Å². The van der Waals surface area contributed by atoms with Crippen LogP contribution >= 0.6 is 0 Å². The third kappa shape index (κ3) is 6.37. The fourth-order valence-corrected chi connectivity index (χ4v) is 11.8. The van der Waals surface area contributed by atoms with E-state index in [2.05, 4.69) is 245 Å². The van der Waals surface area contributed by atoms with Crippen LogP contribution in [0.15, 0.2) is 152 Å². The van der Waals surface area contributed by atoms with Crippen molar-refractivity contribution in [2.75, 3.05) is 9.80 Å². The van der Waals surface area contributed by atoms with E-state index in [9.17, 15) is 0 Å². The molecule has 0 aromatic heterocycles. The molecule has 0 saturated heterocycles. The minimum atomic E-state index is -0.133. The third-order valence-electron chi connectivity index (χ3n) is 15.3. The van der Waals surface area contributed by atoms with Crippen molar-refractivity contribution in [3.05, 3.63) is 196 Å². The molecule has 0 radical (unpaired) electrons. The number of aryl methyl sites for hydroxylation is 4. The zero-order valence-electron chi connectivity index (χ0n) is 40.9. The Bertz CT molecular complexity index is 3260. The van der Waals surface area contributed by atoms with E-state index in [1.54, 1.807) is 0 Å². The first-order valence-electron chi connectivity index (χ1n) is 24.0. The van der Waals surface area contributed by atoms with Gasteiger partial charge >= 0.3 is 0 Å². The molecule has 0 fully saturated rings. The monoisotopic (exact) mass is 856 g/mol. The van der Waals surface area contributed by atoms with Crippen LogP contribution in [0.5, 0.6) is 0 Å². The Balaban J connectivity index is 1.22. The molecular formula is C63H61BN2. The van der Waals surface area contributed by atoms with Crippen LogP contribution in [0.4, 0.5) is 34.1 Å². The number of fused-ring (bicyclic) bond motifs is 7. The molecule has 326 valence electrons. The Morgan fingerprint density at radius 2 is 0.939 bits per heavy atom. The molecule has 8 aromatic carbocycles. The van der Waals surface area contributed by atoms with Crippen molar-refractivity contribution in [2.45, 2.75) is 99.3 Å². The van der Waals surface area contributed by atoms with Crippen LogP contribution in [0.25, 0.3) is 33.4 Å². The lowest BCUT2D eigenvalue weighted by Gasteiger charge is -2.45. The molecule has 1 aliphatic carbocycles. The van der Waals surface area contributed by atoms with E-state index in [-0.39, 0.29) is 23.0 Å². The average Bonchev–Trinajstić information content (AvgIpc) is 3.50. The molecule has 0 bridgehead atoms. The molecule has 0 N–H and O–H groups in total. The second-order valence-corrected chi connectivity index (χ2v) is 22.1. The van der Waals surface area contributed by atoms with E-state index < -0.39 is 0 Å². The molecule has 0 atom stereocenters. The van der Waals surface area contributed by atoms with Gasteiger partial charge in [0.25, 0.3) is 6.71 Å². The van der Waals surface area contributed by atoms with Gasteiger partial charge in [-0.25, -0.2) is 0 Å². The Morgan fingerprint density at radius 1 is 0.409 bits per heavy atom. The summed E-state index contributed by atoms with van der Waals surface area (Å²) in [5.74, 6) is 0. The van der Waals surface area contributed by atoms with Gasteiger partial charge in [0.05, 0.1) is 0 Å². The van der Waals surface area contributed by atoms with E-state index in [0.717, 1.165) is 5.69 Å². The molecule has 0 saturated carbocycles. The lowest BCUT2D eigenvalue weighted by atomic mass is 9.33. The summed E-state index contributed by atoms with van der Waals surface area (Å²) in [6.45, 7) is 27.9. The highest BCUT2D eigenvalue weighted by Gasteiger charge is 2.45. The van der Waals surface area contributed by atoms with Gasteiger partial charge in [-0.2, -0.15) is 0 Å². The molecular weight excluding hydrogens is 796 g/mol. The molecule has 0 spiro atoms. The van der Waals surface area contributed by atoms with Gasteiger partial charge in [-0.1, -0.05) is 159 Å². The van der Waals surface area contributed by atoms with Gasteiger partial charge in [-0.15, -0.1) is 0 Å². The minimum absolute atomic E-state index is 0.00354. The highest BCUT2D eigenvalue weighted by atomic mass is 15.2. The van der Waals surface area contributed by atoms with Gasteiger partial charge < -0.3 is 9.80 Å². The molecule has 8 aromatic rings. The maximum Gasteiger partial charge on any atom is 0.252 e. The Kier molecular flexibility index (Phi) is 9.38. The number of hydrogen-bond donors (Lipinski definition) is 0. The summed E-state index contributed by atoms with van der Waals surface area (Å²) in [6, 6.07) is 58.7. The Morgan fingerprint density at radius 3 is 1.56 bits per heavy atom. The summed E-state index contributed by atoms with van der Waals surface area (Å²) in [7, 11) is 0. The first-order valence-corrected chi connectivity index (χ1v) is 24.0. The number of anilines is 6. The highest BCUT2D eigenvalue weighted by Crippen LogP contribution is 2.52. The van der Waals surface area contributed by atoms with Gasteiger partial charge in [0.2, 0.25) is 0 Å². The maximum atomic E-state index is 2.64. The number of hydrogen-bond acceptors (Lipinski definition) is 2. The van der Waals surface area contributed by atoms with Crippen molar-refractivity contribution in [3.8, 4) is 33.4 Å². The first-order chi connectivity index (χ1) is 31.4. The standard InChI is InChI=1S/C63H61BN2/c1-38-17-15-18-39(2)58(38)42-23-27-46(28-24-42)65-54-32-25-43(59-40(3)19-16-20-41(59)4)33-53(54)64-52-31-26-44(61(5,6)7)34-55(52)66(57-36-45(62(8,9)10)35-56(65)60(57)64)47-29-30-49-48-21-13-14-22-50(48)63(11,12)51(49)37-47/h13-37H,1-12H3. The van der Waals surface area contributed by atoms with Gasteiger partial charge in [-0.3, -0.25) is 0 Å². The molecule has 3 heteroatoms. The van der Waals surface area contributed by atoms with Gasteiger partial charge in [-0.05, 0) is 181 Å². The SMILES string of the molecule is Cc1cccc(C)c1-c1ccc(N2c3ccc(-c4c(C)cccc4C)cc3B3c4ccc(C(C)(C)C)cc4N(c4ccc5c(c4)C(C)(C)c4ccccc4-5)c4cc(C(C)(C)C)cc2c43)cc1. The molecule has 0 unspecified atom stereocenters. The predicted octanol–water partition coefficient (Wildman–Crippen LogP) is 15.2. The maximum absolute atomic E-state index is 2.64. The summed E-state index contributed by atoms with van der Waals surface area (Å²) >= 11 is 0. The largest absolute Gasteiger partial charge is 0.311 e. The number of rotatable bonds is 4. The first kappa shape index (κ1) is 42.1. The van der Waals surface area contributed by atoms with Crippen LogP contribution in [0.1, 0.15) is 99.9 Å². The normalized spacial score (nSPS) is 14.4. The van der Waals surface area contributed by atoms with Gasteiger partial charge in [0.1, 0.15) is 0 Å². The molecule has 11 rings (SSSR count). The van der Waals surface area contributed by atoms with Crippen molar-refractivity contribution >= 4 is 57.2 Å². The quantitative estimate of drug-likeness (QED) is 0.163. The summed E-state index contributed by atoms with van der Waals surface area (Å²) in [6.07, 6.45) is 0. The van der Waals surface area contributed by atoms with Crippen molar-refractivity contribution in [3.63, 3.8) is 0 Å². The van der Waals surface area contributed by atoms with Gasteiger partial charge in [0, 0.05) is 39.5 Å². The highest BCUT2D eigenvalue weighted by molar-refractivity contribution is 7.00. The van der Waals surface area contributed by atoms with Crippen molar-refractivity contribution < 1.29 is 0 Å². The van der Waals surface area contributed by atoms with Crippen molar-refractivity contribution in [1.82, 2.24) is 0 Å². The minimum Gasteiger partial charge on any atom is -0.311 e. The second kappa shape index (κ2) is 14.7. The smallest absolute Gasteiger partial charge is 0.252 e. The van der Waals surface area contributed by atoms with E-state index in [1.165, 1.54) is 123 Å². The Hall–Kier alpha value is -6.58. The average molecular weight is 857 g/mol. The van der Waals surface area contributed by atoms with E-state index >= 15 is 0 Å². The van der Waals surface area contributed by atoms with Crippen LogP contribution in [-0.4, -0.2) is 6.71 Å². The van der Waals surface area contributed by atoms with Crippen LogP contribution in [0, 0.1) is 27.7 Å². The fourth-order valence-electron chi connectivity index (χ4n) is 11.8. The summed E-state index contributed by atoms with van der Waals surface area (Å²) < 4.78 is 0. The molecule has 66 heavy (non-hydrogen) atoms. The lowest BCUT2D eigenvalue weighted by Crippen LogP contribution is -2.61.